The maximum Gasteiger partial charge on any atom is 0.00675 e. The van der Waals surface area contributed by atoms with Crippen LogP contribution >= 0.6 is 0 Å². The van der Waals surface area contributed by atoms with Crippen LogP contribution in [0.3, 0.4) is 0 Å². The topological polar surface area (TPSA) is 15.3 Å². The summed E-state index contributed by atoms with van der Waals surface area (Å²) < 4.78 is 0. The van der Waals surface area contributed by atoms with Crippen LogP contribution in [0.4, 0.5) is 0 Å². The van der Waals surface area contributed by atoms with Crippen LogP contribution < -0.4 is 5.32 Å². The molecule has 2 nitrogen and oxygen atoms in total. The van der Waals surface area contributed by atoms with E-state index in [-0.39, 0.29) is 0 Å². The Hall–Kier alpha value is -0.0800. The fourth-order valence-electron chi connectivity index (χ4n) is 3.00. The van der Waals surface area contributed by atoms with Gasteiger partial charge in [-0.15, -0.1) is 0 Å². The van der Waals surface area contributed by atoms with Crippen LogP contribution in [0.5, 0.6) is 0 Å². The maximum atomic E-state index is 3.54. The quantitative estimate of drug-likeness (QED) is 0.633. The van der Waals surface area contributed by atoms with E-state index in [0.29, 0.717) is 0 Å². The average Bonchev–Trinajstić information content (AvgIpc) is 2.77. The molecule has 0 amide bonds. The van der Waals surface area contributed by atoms with Crippen molar-refractivity contribution in [1.29, 1.82) is 0 Å². The second-order valence-corrected chi connectivity index (χ2v) is 6.53. The van der Waals surface area contributed by atoms with Crippen molar-refractivity contribution < 1.29 is 0 Å². The van der Waals surface area contributed by atoms with E-state index >= 15 is 0 Å². The van der Waals surface area contributed by atoms with Crippen molar-refractivity contribution in [2.45, 2.75) is 65.8 Å². The van der Waals surface area contributed by atoms with Gasteiger partial charge in [0.25, 0.3) is 0 Å². The SMILES string of the molecule is CCCC1CCN(C(C)CCCNCC(C)C)C1. The van der Waals surface area contributed by atoms with E-state index in [0.717, 1.165) is 24.4 Å². The molecule has 0 aromatic rings. The van der Waals surface area contributed by atoms with E-state index in [1.807, 2.05) is 0 Å². The molecule has 18 heavy (non-hydrogen) atoms. The molecule has 1 rings (SSSR count). The van der Waals surface area contributed by atoms with Gasteiger partial charge in [-0.3, -0.25) is 0 Å². The second-order valence-electron chi connectivity index (χ2n) is 6.53. The molecule has 2 unspecified atom stereocenters. The molecule has 1 aliphatic rings. The van der Waals surface area contributed by atoms with Crippen LogP contribution in [-0.2, 0) is 0 Å². The minimum atomic E-state index is 0.774. The van der Waals surface area contributed by atoms with Gasteiger partial charge in [0.1, 0.15) is 0 Å². The Morgan fingerprint density at radius 3 is 2.72 bits per heavy atom. The van der Waals surface area contributed by atoms with Crippen molar-refractivity contribution >= 4 is 0 Å². The number of nitrogens with one attached hydrogen (secondary N) is 1. The van der Waals surface area contributed by atoms with Gasteiger partial charge in [-0.05, 0) is 64.1 Å². The summed E-state index contributed by atoms with van der Waals surface area (Å²) in [6.45, 7) is 14.3. The Labute approximate surface area is 115 Å². The fraction of sp³-hybridized carbons (Fsp3) is 1.00. The Balaban J connectivity index is 2.05. The molecule has 0 radical (unpaired) electrons. The predicted octanol–water partition coefficient (Wildman–Crippen LogP) is 3.52. The molecule has 1 saturated heterocycles. The molecule has 1 fully saturated rings. The fourth-order valence-corrected chi connectivity index (χ4v) is 3.00. The van der Waals surface area contributed by atoms with E-state index in [9.17, 15) is 0 Å². The van der Waals surface area contributed by atoms with Crippen molar-refractivity contribution in [3.05, 3.63) is 0 Å². The molecule has 0 saturated carbocycles. The summed E-state index contributed by atoms with van der Waals surface area (Å²) in [6.07, 6.45) is 6.89. The summed E-state index contributed by atoms with van der Waals surface area (Å²) >= 11 is 0. The smallest absolute Gasteiger partial charge is 0.00675 e. The number of likely N-dealkylation sites (tertiary alicyclic amines) is 1. The minimum Gasteiger partial charge on any atom is -0.316 e. The lowest BCUT2D eigenvalue weighted by molar-refractivity contribution is 0.232. The molecule has 0 bridgehead atoms. The maximum absolute atomic E-state index is 3.54. The predicted molar refractivity (Wildman–Crippen MR) is 81.0 cm³/mol. The summed E-state index contributed by atoms with van der Waals surface area (Å²) in [7, 11) is 0. The van der Waals surface area contributed by atoms with E-state index in [2.05, 4.69) is 37.9 Å². The first-order valence-corrected chi connectivity index (χ1v) is 8.08. The van der Waals surface area contributed by atoms with Crippen molar-refractivity contribution in [3.8, 4) is 0 Å². The van der Waals surface area contributed by atoms with Gasteiger partial charge in [0.15, 0.2) is 0 Å². The Morgan fingerprint density at radius 1 is 1.28 bits per heavy atom. The van der Waals surface area contributed by atoms with Gasteiger partial charge in [0, 0.05) is 12.6 Å². The molecule has 0 aromatic heterocycles. The molecular formula is C16H34N2. The lowest BCUT2D eigenvalue weighted by atomic mass is 10.0. The van der Waals surface area contributed by atoms with E-state index in [1.165, 1.54) is 51.7 Å². The first-order chi connectivity index (χ1) is 8.63. The number of hydrogen-bond acceptors (Lipinski definition) is 2. The molecule has 2 atom stereocenters. The highest BCUT2D eigenvalue weighted by Gasteiger charge is 2.24. The van der Waals surface area contributed by atoms with Crippen LogP contribution in [0.2, 0.25) is 0 Å². The Bertz CT molecular complexity index is 203. The first kappa shape index (κ1) is 16.0. The zero-order valence-corrected chi connectivity index (χ0v) is 13.0. The van der Waals surface area contributed by atoms with Crippen molar-refractivity contribution in [3.63, 3.8) is 0 Å². The largest absolute Gasteiger partial charge is 0.316 e. The van der Waals surface area contributed by atoms with Crippen LogP contribution in [0.15, 0.2) is 0 Å². The van der Waals surface area contributed by atoms with Gasteiger partial charge < -0.3 is 10.2 Å². The van der Waals surface area contributed by atoms with Crippen molar-refractivity contribution in [1.82, 2.24) is 10.2 Å². The molecule has 0 aliphatic carbocycles. The summed E-state index contributed by atoms with van der Waals surface area (Å²) in [5, 5.41) is 3.54. The van der Waals surface area contributed by atoms with Crippen molar-refractivity contribution in [2.24, 2.45) is 11.8 Å². The lowest BCUT2D eigenvalue weighted by Crippen LogP contribution is -2.32. The summed E-state index contributed by atoms with van der Waals surface area (Å²) in [6, 6.07) is 0.785. The van der Waals surface area contributed by atoms with Gasteiger partial charge >= 0.3 is 0 Å². The third-order valence-corrected chi connectivity index (χ3v) is 4.17. The molecule has 1 aliphatic heterocycles. The molecule has 1 N–H and O–H groups in total. The van der Waals surface area contributed by atoms with E-state index in [1.54, 1.807) is 0 Å². The van der Waals surface area contributed by atoms with Gasteiger partial charge in [-0.1, -0.05) is 27.2 Å². The van der Waals surface area contributed by atoms with E-state index < -0.39 is 0 Å². The standard InChI is InChI=1S/C16H34N2/c1-5-7-16-9-11-18(13-16)15(4)8-6-10-17-12-14(2)3/h14-17H,5-13H2,1-4H3. The van der Waals surface area contributed by atoms with Gasteiger partial charge in [-0.25, -0.2) is 0 Å². The Kier molecular flexibility index (Phi) is 7.92. The second kappa shape index (κ2) is 8.92. The van der Waals surface area contributed by atoms with Crippen LogP contribution in [-0.4, -0.2) is 37.1 Å². The average molecular weight is 254 g/mol. The van der Waals surface area contributed by atoms with E-state index in [4.69, 9.17) is 0 Å². The third kappa shape index (κ3) is 6.19. The van der Waals surface area contributed by atoms with Crippen LogP contribution in [0.25, 0.3) is 0 Å². The highest BCUT2D eigenvalue weighted by molar-refractivity contribution is 4.79. The number of nitrogens with zero attached hydrogens (tertiary/aromatic N) is 1. The zero-order chi connectivity index (χ0) is 13.4. The molecule has 2 heteroatoms. The highest BCUT2D eigenvalue weighted by atomic mass is 15.2. The molecular weight excluding hydrogens is 220 g/mol. The van der Waals surface area contributed by atoms with Crippen LogP contribution in [0.1, 0.15) is 59.8 Å². The molecule has 108 valence electrons. The van der Waals surface area contributed by atoms with Gasteiger partial charge in [-0.2, -0.15) is 0 Å². The summed E-state index contributed by atoms with van der Waals surface area (Å²) in [5.41, 5.74) is 0. The minimum absolute atomic E-state index is 0.774. The third-order valence-electron chi connectivity index (χ3n) is 4.17. The van der Waals surface area contributed by atoms with Crippen LogP contribution in [0, 0.1) is 11.8 Å². The van der Waals surface area contributed by atoms with Crippen molar-refractivity contribution in [2.75, 3.05) is 26.2 Å². The molecule has 0 spiro atoms. The Morgan fingerprint density at radius 2 is 2.06 bits per heavy atom. The molecule has 0 aromatic carbocycles. The number of rotatable bonds is 9. The van der Waals surface area contributed by atoms with Gasteiger partial charge in [0.05, 0.1) is 0 Å². The van der Waals surface area contributed by atoms with Gasteiger partial charge in [0.2, 0.25) is 0 Å². The number of hydrogen-bond donors (Lipinski definition) is 1. The first-order valence-electron chi connectivity index (χ1n) is 8.08. The summed E-state index contributed by atoms with van der Waals surface area (Å²) in [4.78, 5) is 2.71. The monoisotopic (exact) mass is 254 g/mol. The normalized spacial score (nSPS) is 22.8. The highest BCUT2D eigenvalue weighted by Crippen LogP contribution is 2.23. The zero-order valence-electron chi connectivity index (χ0n) is 13.0. The summed E-state index contributed by atoms with van der Waals surface area (Å²) in [5.74, 6) is 1.76. The molecule has 1 heterocycles. The lowest BCUT2D eigenvalue weighted by Gasteiger charge is -2.24.